The number of hydrogen-bond donors (Lipinski definition) is 12. The number of hydrogen-bond acceptors (Lipinski definition) is 19. The fourth-order valence-electron chi connectivity index (χ4n) is 5.21. The summed E-state index contributed by atoms with van der Waals surface area (Å²) in [5.41, 5.74) is 0. The second-order valence-corrected chi connectivity index (χ2v) is 10.7. The maximum absolute atomic E-state index is 10.7. The maximum Gasteiger partial charge on any atom is 0.187 e. The van der Waals surface area contributed by atoms with Crippen LogP contribution in [0.5, 0.6) is 0 Å². The molecule has 246 valence electrons. The summed E-state index contributed by atoms with van der Waals surface area (Å²) in [5, 5.41) is 122. The fourth-order valence-corrected chi connectivity index (χ4v) is 5.21. The molecular formula is C23H40O19. The van der Waals surface area contributed by atoms with Crippen molar-refractivity contribution in [2.24, 2.45) is 0 Å². The average molecular weight is 621 g/mol. The molecule has 19 heteroatoms. The van der Waals surface area contributed by atoms with E-state index in [-0.39, 0.29) is 0 Å². The highest BCUT2D eigenvalue weighted by Gasteiger charge is 2.53. The van der Waals surface area contributed by atoms with Crippen LogP contribution in [0.4, 0.5) is 0 Å². The minimum absolute atomic E-state index is 0.469. The molecule has 0 aromatic carbocycles. The molecule has 0 spiro atoms. The molecule has 0 aliphatic carbocycles. The van der Waals surface area contributed by atoms with E-state index in [1.807, 2.05) is 0 Å². The summed E-state index contributed by atoms with van der Waals surface area (Å²) in [5.74, 6) is 0. The normalized spacial score (nSPS) is 54.1. The molecular weight excluding hydrogens is 580 g/mol. The average Bonchev–Trinajstić information content (AvgIpc) is 2.97. The third-order valence-electron chi connectivity index (χ3n) is 7.79. The van der Waals surface area contributed by atoms with Crippen LogP contribution >= 0.6 is 0 Å². The lowest BCUT2D eigenvalue weighted by atomic mass is 9.96. The van der Waals surface area contributed by atoms with Crippen molar-refractivity contribution in [3.8, 4) is 0 Å². The van der Waals surface area contributed by atoms with Crippen molar-refractivity contribution in [2.75, 3.05) is 19.8 Å². The van der Waals surface area contributed by atoms with E-state index in [2.05, 4.69) is 0 Å². The highest BCUT2D eigenvalue weighted by atomic mass is 16.8. The molecule has 42 heavy (non-hydrogen) atoms. The van der Waals surface area contributed by atoms with Gasteiger partial charge in [-0.05, 0) is 6.92 Å². The zero-order valence-corrected chi connectivity index (χ0v) is 22.3. The van der Waals surface area contributed by atoms with Gasteiger partial charge in [-0.1, -0.05) is 0 Å². The molecule has 0 aromatic heterocycles. The van der Waals surface area contributed by atoms with Crippen LogP contribution in [-0.4, -0.2) is 198 Å². The maximum atomic E-state index is 10.7. The number of ether oxygens (including phenoxy) is 7. The Balaban J connectivity index is 1.36. The Bertz CT molecular complexity index is 851. The summed E-state index contributed by atoms with van der Waals surface area (Å²) in [4.78, 5) is 0. The SMILES string of the molecule is C[C@H]1O[C@@H](O)[C@@H](O)[C@@H](O)[C@H]1O[C@H]1OC[C@H](O[C@@H]2O[C@@H](CO)[C@@H](O[C@H]3O[C@@H](CO)[C@H](O)[C@@H](O)[C@H]3O)[C@@H](O)[C@H]2O)[C@@H](O)[C@H]1O. The molecule has 19 atom stereocenters. The summed E-state index contributed by atoms with van der Waals surface area (Å²) in [7, 11) is 0. The quantitative estimate of drug-likeness (QED) is 0.120. The molecule has 0 aromatic rings. The van der Waals surface area contributed by atoms with E-state index in [0.717, 1.165) is 0 Å². The molecule has 4 rings (SSSR count). The van der Waals surface area contributed by atoms with Gasteiger partial charge < -0.3 is 94.4 Å². The van der Waals surface area contributed by atoms with Gasteiger partial charge in [-0.2, -0.15) is 0 Å². The van der Waals surface area contributed by atoms with E-state index in [9.17, 15) is 61.3 Å². The lowest BCUT2D eigenvalue weighted by Crippen LogP contribution is -2.66. The van der Waals surface area contributed by atoms with Gasteiger partial charge in [0, 0.05) is 0 Å². The molecule has 0 amide bonds. The zero-order chi connectivity index (χ0) is 31.0. The van der Waals surface area contributed by atoms with Gasteiger partial charge in [0.25, 0.3) is 0 Å². The Hall–Kier alpha value is -0.760. The number of aliphatic hydroxyl groups is 12. The lowest BCUT2D eigenvalue weighted by molar-refractivity contribution is -0.377. The first-order chi connectivity index (χ1) is 19.8. The standard InChI is InChI=1S/C23H40O19/c1-5-18(12(29)14(31)20(35)37-5)41-21-15(32)10(27)8(4-36-21)40-22-17(34)13(30)19(7(3-25)39-22)42-23-16(33)11(28)9(26)6(2-24)38-23/h5-35H,2-4H2,1H3/t5-,6+,7+,8+,9+,10-,11-,12-,13+,14+,15-,16-,17-,18+,19-,20-,21-,22+,23-/m1/s1. The summed E-state index contributed by atoms with van der Waals surface area (Å²) in [6, 6.07) is 0. The second kappa shape index (κ2) is 14.1. The van der Waals surface area contributed by atoms with Gasteiger partial charge in [-0.3, -0.25) is 0 Å². The first-order valence-electron chi connectivity index (χ1n) is 13.4. The summed E-state index contributed by atoms with van der Waals surface area (Å²) in [6.07, 6.45) is -30.5. The van der Waals surface area contributed by atoms with Crippen LogP contribution in [0, 0.1) is 0 Å². The van der Waals surface area contributed by atoms with Crippen molar-refractivity contribution in [3.63, 3.8) is 0 Å². The Kier molecular flexibility index (Phi) is 11.5. The topological polar surface area (TPSA) is 307 Å². The van der Waals surface area contributed by atoms with Gasteiger partial charge >= 0.3 is 0 Å². The third kappa shape index (κ3) is 6.74. The first kappa shape index (κ1) is 34.1. The van der Waals surface area contributed by atoms with Crippen molar-refractivity contribution < 1.29 is 94.4 Å². The van der Waals surface area contributed by atoms with Crippen LogP contribution in [0.3, 0.4) is 0 Å². The van der Waals surface area contributed by atoms with E-state index in [1.165, 1.54) is 6.92 Å². The molecule has 4 fully saturated rings. The molecule has 0 radical (unpaired) electrons. The van der Waals surface area contributed by atoms with E-state index in [1.54, 1.807) is 0 Å². The Morgan fingerprint density at radius 3 is 1.69 bits per heavy atom. The van der Waals surface area contributed by atoms with Gasteiger partial charge in [0.2, 0.25) is 0 Å². The Labute approximate surface area is 238 Å². The third-order valence-corrected chi connectivity index (χ3v) is 7.79. The van der Waals surface area contributed by atoms with E-state index < -0.39 is 137 Å². The molecule has 4 aliphatic heterocycles. The van der Waals surface area contributed by atoms with Gasteiger partial charge in [0.15, 0.2) is 25.2 Å². The van der Waals surface area contributed by atoms with E-state index in [0.29, 0.717) is 0 Å². The molecule has 4 aliphatic rings. The van der Waals surface area contributed by atoms with Gasteiger partial charge in [0.1, 0.15) is 85.5 Å². The zero-order valence-electron chi connectivity index (χ0n) is 22.3. The first-order valence-corrected chi connectivity index (χ1v) is 13.4. The smallest absolute Gasteiger partial charge is 0.187 e. The van der Waals surface area contributed by atoms with Crippen LogP contribution in [0.15, 0.2) is 0 Å². The van der Waals surface area contributed by atoms with Gasteiger partial charge in [-0.15, -0.1) is 0 Å². The lowest BCUT2D eigenvalue weighted by Gasteiger charge is -2.47. The molecule has 0 saturated carbocycles. The molecule has 4 heterocycles. The fraction of sp³-hybridized carbons (Fsp3) is 1.00. The van der Waals surface area contributed by atoms with E-state index >= 15 is 0 Å². The molecule has 12 N–H and O–H groups in total. The molecule has 0 bridgehead atoms. The van der Waals surface area contributed by atoms with Gasteiger partial charge in [-0.25, -0.2) is 0 Å². The van der Waals surface area contributed by atoms with Crippen LogP contribution in [0.2, 0.25) is 0 Å². The van der Waals surface area contributed by atoms with Crippen molar-refractivity contribution in [2.45, 2.75) is 124 Å². The minimum atomic E-state index is -1.90. The number of rotatable bonds is 8. The summed E-state index contributed by atoms with van der Waals surface area (Å²) >= 11 is 0. The Morgan fingerprint density at radius 1 is 0.524 bits per heavy atom. The monoisotopic (exact) mass is 620 g/mol. The Morgan fingerprint density at radius 2 is 1.05 bits per heavy atom. The summed E-state index contributed by atoms with van der Waals surface area (Å²) in [6.45, 7) is -0.610. The van der Waals surface area contributed by atoms with Crippen molar-refractivity contribution in [1.29, 1.82) is 0 Å². The van der Waals surface area contributed by atoms with Crippen molar-refractivity contribution >= 4 is 0 Å². The molecule has 19 nitrogen and oxygen atoms in total. The van der Waals surface area contributed by atoms with Crippen LogP contribution in [0.25, 0.3) is 0 Å². The predicted molar refractivity (Wildman–Crippen MR) is 126 cm³/mol. The second-order valence-electron chi connectivity index (χ2n) is 10.7. The molecule has 0 unspecified atom stereocenters. The van der Waals surface area contributed by atoms with Gasteiger partial charge in [0.05, 0.1) is 25.9 Å². The van der Waals surface area contributed by atoms with Crippen molar-refractivity contribution in [1.82, 2.24) is 0 Å². The predicted octanol–water partition coefficient (Wildman–Crippen LogP) is -8.08. The highest BCUT2D eigenvalue weighted by molar-refractivity contribution is 4.95. The molecule has 4 saturated heterocycles. The number of aliphatic hydroxyl groups excluding tert-OH is 12. The van der Waals surface area contributed by atoms with Crippen LogP contribution in [0.1, 0.15) is 6.92 Å². The van der Waals surface area contributed by atoms with Crippen LogP contribution in [-0.2, 0) is 33.2 Å². The minimum Gasteiger partial charge on any atom is -0.394 e. The van der Waals surface area contributed by atoms with Crippen LogP contribution < -0.4 is 0 Å². The largest absolute Gasteiger partial charge is 0.394 e. The highest BCUT2D eigenvalue weighted by Crippen LogP contribution is 2.32. The van der Waals surface area contributed by atoms with E-state index in [4.69, 9.17) is 33.2 Å². The summed E-state index contributed by atoms with van der Waals surface area (Å²) < 4.78 is 37.8. The van der Waals surface area contributed by atoms with Crippen molar-refractivity contribution in [3.05, 3.63) is 0 Å².